The van der Waals surface area contributed by atoms with Gasteiger partial charge in [-0.05, 0) is 54.8 Å². The van der Waals surface area contributed by atoms with Crippen molar-refractivity contribution in [2.24, 2.45) is 5.73 Å². The van der Waals surface area contributed by atoms with E-state index in [1.54, 1.807) is 6.20 Å². The van der Waals surface area contributed by atoms with Gasteiger partial charge in [0.25, 0.3) is 0 Å². The van der Waals surface area contributed by atoms with Crippen LogP contribution in [-0.2, 0) is 6.54 Å². The van der Waals surface area contributed by atoms with Gasteiger partial charge in [0.1, 0.15) is 5.82 Å². The molecule has 0 radical (unpaired) electrons. The standard InChI is InChI=1S/C14H17N3.CH4/c1-10-5-6-16-14(7-10)17-13-4-3-11(2)12(8-13)9-15;/h3-8H,9,15H2,1-2H3,(H,16,17);1H4. The number of anilines is 2. The lowest BCUT2D eigenvalue weighted by Crippen LogP contribution is -2.01. The molecule has 0 unspecified atom stereocenters. The molecule has 18 heavy (non-hydrogen) atoms. The van der Waals surface area contributed by atoms with Crippen LogP contribution in [-0.4, -0.2) is 4.98 Å². The first kappa shape index (κ1) is 14.2. The zero-order valence-electron chi connectivity index (χ0n) is 10.2. The van der Waals surface area contributed by atoms with Crippen molar-refractivity contribution in [2.45, 2.75) is 27.8 Å². The summed E-state index contributed by atoms with van der Waals surface area (Å²) < 4.78 is 0. The van der Waals surface area contributed by atoms with E-state index in [0.717, 1.165) is 17.1 Å². The molecule has 1 aromatic heterocycles. The molecule has 0 aliphatic carbocycles. The number of nitrogens with zero attached hydrogens (tertiary/aromatic N) is 1. The topological polar surface area (TPSA) is 50.9 Å². The number of rotatable bonds is 3. The van der Waals surface area contributed by atoms with Gasteiger partial charge in [-0.1, -0.05) is 13.5 Å². The summed E-state index contributed by atoms with van der Waals surface area (Å²) in [6.45, 7) is 4.67. The number of nitrogens with two attached hydrogens (primary N) is 1. The van der Waals surface area contributed by atoms with E-state index in [-0.39, 0.29) is 7.43 Å². The third kappa shape index (κ3) is 3.31. The quantitative estimate of drug-likeness (QED) is 0.867. The second kappa shape index (κ2) is 6.17. The molecule has 96 valence electrons. The Balaban J connectivity index is 0.00000162. The van der Waals surface area contributed by atoms with Gasteiger partial charge in [-0.2, -0.15) is 0 Å². The molecule has 3 N–H and O–H groups in total. The van der Waals surface area contributed by atoms with Crippen LogP contribution in [0.1, 0.15) is 24.1 Å². The molecule has 0 saturated heterocycles. The molecule has 2 rings (SSSR count). The summed E-state index contributed by atoms with van der Waals surface area (Å²) >= 11 is 0. The maximum atomic E-state index is 5.69. The van der Waals surface area contributed by atoms with Crippen LogP contribution in [0.3, 0.4) is 0 Å². The van der Waals surface area contributed by atoms with Crippen molar-refractivity contribution in [3.8, 4) is 0 Å². The van der Waals surface area contributed by atoms with Crippen LogP contribution in [0.2, 0.25) is 0 Å². The van der Waals surface area contributed by atoms with E-state index in [1.807, 2.05) is 25.1 Å². The molecule has 1 aromatic carbocycles. The van der Waals surface area contributed by atoms with E-state index in [9.17, 15) is 0 Å². The smallest absolute Gasteiger partial charge is 0.130 e. The maximum absolute atomic E-state index is 5.69. The van der Waals surface area contributed by atoms with Crippen LogP contribution in [0.4, 0.5) is 11.5 Å². The van der Waals surface area contributed by atoms with Crippen LogP contribution < -0.4 is 11.1 Å². The van der Waals surface area contributed by atoms with Gasteiger partial charge in [-0.25, -0.2) is 4.98 Å². The molecule has 0 fully saturated rings. The summed E-state index contributed by atoms with van der Waals surface area (Å²) in [6.07, 6.45) is 1.80. The number of hydrogen-bond acceptors (Lipinski definition) is 3. The number of nitrogens with one attached hydrogen (secondary N) is 1. The fourth-order valence-corrected chi connectivity index (χ4v) is 1.72. The average Bonchev–Trinajstić information content (AvgIpc) is 2.32. The number of benzene rings is 1. The van der Waals surface area contributed by atoms with Gasteiger partial charge in [-0.3, -0.25) is 0 Å². The van der Waals surface area contributed by atoms with Crippen molar-refractivity contribution in [2.75, 3.05) is 5.32 Å². The first-order valence-electron chi connectivity index (χ1n) is 5.68. The molecule has 3 nitrogen and oxygen atoms in total. The zero-order valence-corrected chi connectivity index (χ0v) is 10.2. The number of hydrogen-bond donors (Lipinski definition) is 2. The second-order valence-corrected chi connectivity index (χ2v) is 4.19. The molecule has 2 aromatic rings. The minimum absolute atomic E-state index is 0. The van der Waals surface area contributed by atoms with E-state index in [4.69, 9.17) is 5.73 Å². The van der Waals surface area contributed by atoms with Crippen LogP contribution in [0.25, 0.3) is 0 Å². The van der Waals surface area contributed by atoms with Crippen molar-refractivity contribution in [1.29, 1.82) is 0 Å². The molecule has 0 amide bonds. The molecule has 0 aliphatic rings. The zero-order chi connectivity index (χ0) is 12.3. The number of aryl methyl sites for hydroxylation is 2. The van der Waals surface area contributed by atoms with E-state index < -0.39 is 0 Å². The summed E-state index contributed by atoms with van der Waals surface area (Å²) in [7, 11) is 0. The molecular weight excluding hydrogens is 222 g/mol. The van der Waals surface area contributed by atoms with Crippen LogP contribution in [0, 0.1) is 13.8 Å². The fourth-order valence-electron chi connectivity index (χ4n) is 1.72. The van der Waals surface area contributed by atoms with Gasteiger partial charge in [-0.15, -0.1) is 0 Å². The van der Waals surface area contributed by atoms with Gasteiger partial charge >= 0.3 is 0 Å². The van der Waals surface area contributed by atoms with Gasteiger partial charge in [0.15, 0.2) is 0 Å². The minimum atomic E-state index is 0. The maximum Gasteiger partial charge on any atom is 0.130 e. The molecule has 0 atom stereocenters. The van der Waals surface area contributed by atoms with Crippen molar-refractivity contribution >= 4 is 11.5 Å². The normalized spacial score (nSPS) is 9.72. The van der Waals surface area contributed by atoms with Gasteiger partial charge < -0.3 is 11.1 Å². The van der Waals surface area contributed by atoms with E-state index in [0.29, 0.717) is 6.54 Å². The molecule has 0 spiro atoms. The van der Waals surface area contributed by atoms with Crippen molar-refractivity contribution in [1.82, 2.24) is 4.98 Å². The summed E-state index contributed by atoms with van der Waals surface area (Å²) in [4.78, 5) is 4.27. The predicted molar refractivity (Wildman–Crippen MR) is 78.1 cm³/mol. The second-order valence-electron chi connectivity index (χ2n) is 4.19. The first-order valence-corrected chi connectivity index (χ1v) is 5.68. The Labute approximate surface area is 109 Å². The Morgan fingerprint density at radius 3 is 2.61 bits per heavy atom. The van der Waals surface area contributed by atoms with E-state index >= 15 is 0 Å². The largest absolute Gasteiger partial charge is 0.340 e. The Hall–Kier alpha value is -1.87. The number of aromatic nitrogens is 1. The lowest BCUT2D eigenvalue weighted by atomic mass is 10.1. The highest BCUT2D eigenvalue weighted by molar-refractivity contribution is 5.58. The number of pyridine rings is 1. The third-order valence-corrected chi connectivity index (χ3v) is 2.76. The SMILES string of the molecule is C.Cc1ccnc(Nc2ccc(C)c(CN)c2)c1. The van der Waals surface area contributed by atoms with Crippen molar-refractivity contribution < 1.29 is 0 Å². The van der Waals surface area contributed by atoms with Gasteiger partial charge in [0.05, 0.1) is 0 Å². The molecular formula is C15H21N3. The molecule has 0 bridgehead atoms. The molecule has 0 saturated carbocycles. The van der Waals surface area contributed by atoms with Crippen LogP contribution in [0.15, 0.2) is 36.5 Å². The molecule has 0 aliphatic heterocycles. The molecule has 1 heterocycles. The highest BCUT2D eigenvalue weighted by Crippen LogP contribution is 2.18. The van der Waals surface area contributed by atoms with Gasteiger partial charge in [0.2, 0.25) is 0 Å². The first-order chi connectivity index (χ1) is 8.19. The predicted octanol–water partition coefficient (Wildman–Crippen LogP) is 3.54. The Morgan fingerprint density at radius 1 is 1.17 bits per heavy atom. The fraction of sp³-hybridized carbons (Fsp3) is 0.267. The van der Waals surface area contributed by atoms with Crippen LogP contribution in [0.5, 0.6) is 0 Å². The van der Waals surface area contributed by atoms with E-state index in [2.05, 4.69) is 29.4 Å². The lowest BCUT2D eigenvalue weighted by molar-refractivity contribution is 1.05. The summed E-state index contributed by atoms with van der Waals surface area (Å²) in [5.74, 6) is 0.858. The van der Waals surface area contributed by atoms with Crippen molar-refractivity contribution in [3.63, 3.8) is 0 Å². The summed E-state index contributed by atoms with van der Waals surface area (Å²) in [6, 6.07) is 10.2. The summed E-state index contributed by atoms with van der Waals surface area (Å²) in [5, 5.41) is 3.28. The lowest BCUT2D eigenvalue weighted by Gasteiger charge is -2.09. The van der Waals surface area contributed by atoms with Gasteiger partial charge in [0, 0.05) is 18.4 Å². The average molecular weight is 243 g/mol. The highest BCUT2D eigenvalue weighted by atomic mass is 15.0. The van der Waals surface area contributed by atoms with Crippen LogP contribution >= 0.6 is 0 Å². The molecule has 3 heteroatoms. The Morgan fingerprint density at radius 2 is 1.94 bits per heavy atom. The van der Waals surface area contributed by atoms with E-state index in [1.165, 1.54) is 11.1 Å². The Bertz CT molecular complexity index is 521. The monoisotopic (exact) mass is 243 g/mol. The Kier molecular flexibility index (Phi) is 4.86. The third-order valence-electron chi connectivity index (χ3n) is 2.76. The van der Waals surface area contributed by atoms with Crippen molar-refractivity contribution in [3.05, 3.63) is 53.2 Å². The summed E-state index contributed by atoms with van der Waals surface area (Å²) in [5.41, 5.74) is 10.3. The highest BCUT2D eigenvalue weighted by Gasteiger charge is 2.00. The minimum Gasteiger partial charge on any atom is -0.340 e.